The molecule has 2 bridgehead atoms. The van der Waals surface area contributed by atoms with Crippen LogP contribution in [0.25, 0.3) is 0 Å². The highest BCUT2D eigenvalue weighted by Crippen LogP contribution is 2.60. The van der Waals surface area contributed by atoms with E-state index in [2.05, 4.69) is 31.2 Å². The van der Waals surface area contributed by atoms with Gasteiger partial charge in [-0.3, -0.25) is 0 Å². The second-order valence-electron chi connectivity index (χ2n) is 8.66. The Morgan fingerprint density at radius 1 is 0.792 bits per heavy atom. The van der Waals surface area contributed by atoms with Crippen LogP contribution in [0.4, 0.5) is 0 Å². The number of fused-ring (bicyclic) bond motifs is 3. The zero-order valence-corrected chi connectivity index (χ0v) is 15.9. The van der Waals surface area contributed by atoms with Crippen LogP contribution < -0.4 is 4.74 Å². The lowest BCUT2D eigenvalue weighted by atomic mass is 9.51. The molecule has 1 heteroatoms. The third kappa shape index (κ3) is 4.16. The molecule has 3 aliphatic rings. The Balaban J connectivity index is 1.47. The van der Waals surface area contributed by atoms with E-state index < -0.39 is 0 Å². The van der Waals surface area contributed by atoms with E-state index in [0.717, 1.165) is 11.2 Å². The average molecular weight is 329 g/mol. The molecule has 1 nitrogen and oxygen atoms in total. The van der Waals surface area contributed by atoms with E-state index in [1.807, 2.05) is 0 Å². The Hall–Kier alpha value is -0.980. The molecule has 3 aliphatic carbocycles. The molecule has 0 N–H and O–H groups in total. The second kappa shape index (κ2) is 7.93. The topological polar surface area (TPSA) is 9.23 Å². The molecule has 0 atom stereocenters. The van der Waals surface area contributed by atoms with Gasteiger partial charge in [0.2, 0.25) is 0 Å². The zero-order valence-electron chi connectivity index (χ0n) is 15.9. The van der Waals surface area contributed by atoms with Crippen molar-refractivity contribution < 1.29 is 4.74 Å². The Bertz CT molecular complexity index is 477. The van der Waals surface area contributed by atoms with Gasteiger partial charge in [0.1, 0.15) is 5.75 Å². The lowest BCUT2D eigenvalue weighted by molar-refractivity contribution is -0.0205. The summed E-state index contributed by atoms with van der Waals surface area (Å²) in [5.74, 6) is 0.972. The third-order valence-corrected chi connectivity index (χ3v) is 7.22. The minimum Gasteiger partial charge on any atom is -0.497 e. The van der Waals surface area contributed by atoms with E-state index >= 15 is 0 Å². The highest BCUT2D eigenvalue weighted by Gasteiger charge is 2.47. The fraction of sp³-hybridized carbons (Fsp3) is 0.739. The van der Waals surface area contributed by atoms with E-state index in [9.17, 15) is 0 Å². The first-order valence-electron chi connectivity index (χ1n) is 10.3. The van der Waals surface area contributed by atoms with Gasteiger partial charge in [-0.2, -0.15) is 0 Å². The Kier molecular flexibility index (Phi) is 5.89. The van der Waals surface area contributed by atoms with Crippen LogP contribution in [-0.2, 0) is 6.42 Å². The molecule has 0 radical (unpaired) electrons. The van der Waals surface area contributed by atoms with E-state index in [1.54, 1.807) is 7.11 Å². The monoisotopic (exact) mass is 328 g/mol. The molecule has 0 aliphatic heterocycles. The minimum atomic E-state index is 0.672. The van der Waals surface area contributed by atoms with Crippen LogP contribution in [0.5, 0.6) is 5.75 Å². The quantitative estimate of drug-likeness (QED) is 0.446. The summed E-state index contributed by atoms with van der Waals surface area (Å²) in [6.45, 7) is 2.32. The number of hydrogen-bond donors (Lipinski definition) is 0. The predicted octanol–water partition coefficient (Wildman–Crippen LogP) is 6.94. The number of methoxy groups -OCH3 is 1. The molecule has 0 saturated heterocycles. The first-order chi connectivity index (χ1) is 11.7. The summed E-state index contributed by atoms with van der Waals surface area (Å²) in [4.78, 5) is 0. The van der Waals surface area contributed by atoms with E-state index in [-0.39, 0.29) is 0 Å². The van der Waals surface area contributed by atoms with Gasteiger partial charge in [-0.25, -0.2) is 0 Å². The SMILES string of the molecule is CCCCCCC12CCC(CCc3ccc(OC)cc3)(CC1)CC2. The van der Waals surface area contributed by atoms with E-state index in [4.69, 9.17) is 4.74 Å². The van der Waals surface area contributed by atoms with Crippen LogP contribution in [0.1, 0.15) is 89.5 Å². The Morgan fingerprint density at radius 2 is 1.38 bits per heavy atom. The van der Waals surface area contributed by atoms with E-state index in [1.165, 1.54) is 89.0 Å². The summed E-state index contributed by atoms with van der Waals surface area (Å²) in [6.07, 6.45) is 18.9. The molecule has 134 valence electrons. The second-order valence-corrected chi connectivity index (χ2v) is 8.66. The van der Waals surface area contributed by atoms with Crippen molar-refractivity contribution in [2.75, 3.05) is 7.11 Å². The normalized spacial score (nSPS) is 28.9. The van der Waals surface area contributed by atoms with Gasteiger partial charge in [-0.15, -0.1) is 0 Å². The Morgan fingerprint density at radius 3 is 1.92 bits per heavy atom. The van der Waals surface area contributed by atoms with Crippen LogP contribution in [0, 0.1) is 10.8 Å². The number of unbranched alkanes of at least 4 members (excludes halogenated alkanes) is 3. The minimum absolute atomic E-state index is 0.672. The molecule has 4 rings (SSSR count). The maximum Gasteiger partial charge on any atom is 0.118 e. The van der Waals surface area contributed by atoms with Crippen molar-refractivity contribution in [3.05, 3.63) is 29.8 Å². The zero-order chi connectivity index (χ0) is 16.9. The molecule has 0 spiro atoms. The molecule has 1 aromatic rings. The molecular weight excluding hydrogens is 292 g/mol. The van der Waals surface area contributed by atoms with Gasteiger partial charge in [0, 0.05) is 0 Å². The van der Waals surface area contributed by atoms with Crippen molar-refractivity contribution in [2.24, 2.45) is 10.8 Å². The van der Waals surface area contributed by atoms with Crippen molar-refractivity contribution >= 4 is 0 Å². The van der Waals surface area contributed by atoms with Crippen molar-refractivity contribution in [1.29, 1.82) is 0 Å². The van der Waals surface area contributed by atoms with Gasteiger partial charge in [0.05, 0.1) is 7.11 Å². The van der Waals surface area contributed by atoms with Gasteiger partial charge < -0.3 is 4.74 Å². The van der Waals surface area contributed by atoms with Gasteiger partial charge in [0.25, 0.3) is 0 Å². The summed E-state index contributed by atoms with van der Waals surface area (Å²) in [7, 11) is 1.74. The molecule has 0 unspecified atom stereocenters. The van der Waals surface area contributed by atoms with Crippen LogP contribution in [0.2, 0.25) is 0 Å². The van der Waals surface area contributed by atoms with Gasteiger partial charge in [-0.05, 0) is 86.3 Å². The predicted molar refractivity (Wildman–Crippen MR) is 103 cm³/mol. The maximum atomic E-state index is 5.27. The molecule has 3 fully saturated rings. The highest BCUT2D eigenvalue weighted by atomic mass is 16.5. The molecule has 3 saturated carbocycles. The largest absolute Gasteiger partial charge is 0.497 e. The maximum absolute atomic E-state index is 5.27. The van der Waals surface area contributed by atoms with Crippen molar-refractivity contribution in [2.45, 2.75) is 90.4 Å². The first-order valence-corrected chi connectivity index (χ1v) is 10.3. The first kappa shape index (κ1) is 17.8. The third-order valence-electron chi connectivity index (χ3n) is 7.22. The molecular formula is C23H36O. The van der Waals surface area contributed by atoms with E-state index in [0.29, 0.717) is 5.41 Å². The summed E-state index contributed by atoms with van der Waals surface area (Å²) in [5, 5.41) is 0. The van der Waals surface area contributed by atoms with Crippen molar-refractivity contribution in [3.63, 3.8) is 0 Å². The highest BCUT2D eigenvalue weighted by molar-refractivity contribution is 5.27. The molecule has 0 aromatic heterocycles. The fourth-order valence-corrected chi connectivity index (χ4v) is 5.22. The average Bonchev–Trinajstić information content (AvgIpc) is 2.66. The molecule has 24 heavy (non-hydrogen) atoms. The van der Waals surface area contributed by atoms with Crippen molar-refractivity contribution in [1.82, 2.24) is 0 Å². The van der Waals surface area contributed by atoms with Crippen LogP contribution in [-0.4, -0.2) is 7.11 Å². The summed E-state index contributed by atoms with van der Waals surface area (Å²) in [5.41, 5.74) is 2.90. The fourth-order valence-electron chi connectivity index (χ4n) is 5.22. The molecule has 0 amide bonds. The summed E-state index contributed by atoms with van der Waals surface area (Å²) in [6, 6.07) is 8.71. The van der Waals surface area contributed by atoms with Gasteiger partial charge in [-0.1, -0.05) is 44.7 Å². The van der Waals surface area contributed by atoms with Crippen LogP contribution in [0.3, 0.4) is 0 Å². The molecule has 0 heterocycles. The van der Waals surface area contributed by atoms with Gasteiger partial charge >= 0.3 is 0 Å². The van der Waals surface area contributed by atoms with Crippen molar-refractivity contribution in [3.8, 4) is 5.75 Å². The number of ether oxygens (including phenoxy) is 1. The standard InChI is InChI=1S/C23H36O/c1-3-4-5-6-12-22-14-17-23(18-15-22,19-16-22)13-11-20-7-9-21(24-2)10-8-20/h7-10H,3-6,11-19H2,1-2H3. The van der Waals surface area contributed by atoms with Gasteiger partial charge in [0.15, 0.2) is 0 Å². The number of benzene rings is 1. The lowest BCUT2D eigenvalue weighted by Gasteiger charge is -2.54. The number of rotatable bonds is 9. The van der Waals surface area contributed by atoms with Crippen LogP contribution >= 0.6 is 0 Å². The Labute approximate surface area is 149 Å². The number of hydrogen-bond acceptors (Lipinski definition) is 1. The lowest BCUT2D eigenvalue weighted by Crippen LogP contribution is -2.41. The summed E-state index contributed by atoms with van der Waals surface area (Å²) >= 11 is 0. The summed E-state index contributed by atoms with van der Waals surface area (Å²) < 4.78 is 5.27. The number of aryl methyl sites for hydroxylation is 1. The van der Waals surface area contributed by atoms with Crippen LogP contribution in [0.15, 0.2) is 24.3 Å². The molecule has 1 aromatic carbocycles. The smallest absolute Gasteiger partial charge is 0.118 e.